The van der Waals surface area contributed by atoms with E-state index < -0.39 is 0 Å². The van der Waals surface area contributed by atoms with E-state index in [0.29, 0.717) is 6.04 Å². The summed E-state index contributed by atoms with van der Waals surface area (Å²) in [7, 11) is 5.97. The van der Waals surface area contributed by atoms with Crippen molar-refractivity contribution in [2.24, 2.45) is 0 Å². The zero-order chi connectivity index (χ0) is 9.72. The van der Waals surface area contributed by atoms with Crippen molar-refractivity contribution in [3.63, 3.8) is 0 Å². The third-order valence-electron chi connectivity index (χ3n) is 1.96. The lowest BCUT2D eigenvalue weighted by Crippen LogP contribution is -2.39. The Morgan fingerprint density at radius 3 is 1.92 bits per heavy atom. The molecule has 0 aliphatic carbocycles. The topological polar surface area (TPSA) is 26.7 Å². The predicted octanol–water partition coefficient (Wildman–Crippen LogP) is 0.249. The Hall–Kier alpha value is -0.120. The number of nitrogens with zero attached hydrogens (tertiary/aromatic N) is 2. The Morgan fingerprint density at radius 2 is 1.58 bits per heavy atom. The van der Waals surface area contributed by atoms with Gasteiger partial charge in [0.15, 0.2) is 0 Å². The first kappa shape index (κ1) is 11.9. The number of hydrogen-bond acceptors (Lipinski definition) is 3. The highest BCUT2D eigenvalue weighted by molar-refractivity contribution is 4.66. The van der Waals surface area contributed by atoms with Gasteiger partial charge in [-0.25, -0.2) is 0 Å². The molecule has 3 heteroatoms. The minimum atomic E-state index is -0.243. The summed E-state index contributed by atoms with van der Waals surface area (Å²) in [6.45, 7) is 5.73. The van der Waals surface area contributed by atoms with Crippen LogP contribution in [0.1, 0.15) is 13.8 Å². The molecular weight excluding hydrogens is 152 g/mol. The monoisotopic (exact) mass is 174 g/mol. The van der Waals surface area contributed by atoms with Gasteiger partial charge in [0.1, 0.15) is 0 Å². The van der Waals surface area contributed by atoms with Gasteiger partial charge in [0, 0.05) is 19.1 Å². The highest BCUT2D eigenvalue weighted by atomic mass is 16.3. The van der Waals surface area contributed by atoms with Crippen LogP contribution in [0.4, 0.5) is 0 Å². The van der Waals surface area contributed by atoms with Crippen molar-refractivity contribution in [1.29, 1.82) is 0 Å². The molecule has 0 aromatic heterocycles. The summed E-state index contributed by atoms with van der Waals surface area (Å²) < 4.78 is 0. The van der Waals surface area contributed by atoms with Crippen LogP contribution in [0.2, 0.25) is 0 Å². The first-order valence-electron chi connectivity index (χ1n) is 4.46. The molecule has 0 aromatic carbocycles. The molecule has 1 atom stereocenters. The van der Waals surface area contributed by atoms with Gasteiger partial charge >= 0.3 is 0 Å². The summed E-state index contributed by atoms with van der Waals surface area (Å²) in [5.41, 5.74) is 0. The second-order valence-corrected chi connectivity index (χ2v) is 3.95. The second-order valence-electron chi connectivity index (χ2n) is 3.95. The van der Waals surface area contributed by atoms with Crippen LogP contribution in [0.3, 0.4) is 0 Å². The Bertz CT molecular complexity index is 115. The summed E-state index contributed by atoms with van der Waals surface area (Å²) in [5.74, 6) is 0. The van der Waals surface area contributed by atoms with Crippen LogP contribution < -0.4 is 0 Å². The average molecular weight is 174 g/mol. The fraction of sp³-hybridized carbons (Fsp3) is 1.00. The lowest BCUT2D eigenvalue weighted by molar-refractivity contribution is 0.0881. The van der Waals surface area contributed by atoms with Crippen molar-refractivity contribution in [2.75, 3.05) is 34.2 Å². The third kappa shape index (κ3) is 5.52. The van der Waals surface area contributed by atoms with Gasteiger partial charge in [0.25, 0.3) is 0 Å². The molecule has 0 aromatic rings. The molecule has 74 valence electrons. The van der Waals surface area contributed by atoms with Crippen LogP contribution in [0.15, 0.2) is 0 Å². The van der Waals surface area contributed by atoms with Crippen molar-refractivity contribution >= 4 is 0 Å². The van der Waals surface area contributed by atoms with Crippen molar-refractivity contribution < 1.29 is 5.11 Å². The molecule has 0 spiro atoms. The van der Waals surface area contributed by atoms with Crippen LogP contribution in [-0.4, -0.2) is 61.3 Å². The van der Waals surface area contributed by atoms with Gasteiger partial charge in [0.2, 0.25) is 0 Å². The van der Waals surface area contributed by atoms with E-state index in [-0.39, 0.29) is 6.10 Å². The van der Waals surface area contributed by atoms with Gasteiger partial charge in [-0.05, 0) is 35.0 Å². The lowest BCUT2D eigenvalue weighted by atomic mass is 10.2. The predicted molar refractivity (Wildman–Crippen MR) is 52.3 cm³/mol. The Morgan fingerprint density at radius 1 is 1.08 bits per heavy atom. The van der Waals surface area contributed by atoms with E-state index in [9.17, 15) is 5.11 Å². The second kappa shape index (κ2) is 5.51. The van der Waals surface area contributed by atoms with E-state index >= 15 is 0 Å². The van der Waals surface area contributed by atoms with Crippen LogP contribution in [0.5, 0.6) is 0 Å². The Balaban J connectivity index is 3.61. The first-order valence-corrected chi connectivity index (χ1v) is 4.46. The van der Waals surface area contributed by atoms with E-state index in [1.807, 2.05) is 26.0 Å². The van der Waals surface area contributed by atoms with Crippen molar-refractivity contribution in [3.05, 3.63) is 0 Å². The largest absolute Gasteiger partial charge is 0.390 e. The average Bonchev–Trinajstić information content (AvgIpc) is 1.84. The van der Waals surface area contributed by atoms with Crippen molar-refractivity contribution in [2.45, 2.75) is 26.0 Å². The van der Waals surface area contributed by atoms with E-state index in [1.54, 1.807) is 0 Å². The molecule has 0 heterocycles. The molecule has 0 radical (unpaired) electrons. The quantitative estimate of drug-likeness (QED) is 0.647. The fourth-order valence-corrected chi connectivity index (χ4v) is 1.02. The highest BCUT2D eigenvalue weighted by Crippen LogP contribution is 1.96. The van der Waals surface area contributed by atoms with E-state index in [2.05, 4.69) is 18.7 Å². The molecule has 12 heavy (non-hydrogen) atoms. The van der Waals surface area contributed by atoms with Gasteiger partial charge in [-0.3, -0.25) is 0 Å². The van der Waals surface area contributed by atoms with Gasteiger partial charge in [-0.15, -0.1) is 0 Å². The molecule has 0 bridgehead atoms. The van der Waals surface area contributed by atoms with Crippen LogP contribution in [0.25, 0.3) is 0 Å². The molecule has 0 aliphatic rings. The minimum Gasteiger partial charge on any atom is -0.390 e. The molecule has 0 saturated carbocycles. The maximum atomic E-state index is 9.56. The summed E-state index contributed by atoms with van der Waals surface area (Å²) in [4.78, 5) is 4.15. The van der Waals surface area contributed by atoms with Gasteiger partial charge in [0.05, 0.1) is 6.10 Å². The normalized spacial score (nSPS) is 14.8. The zero-order valence-corrected chi connectivity index (χ0v) is 8.91. The Kier molecular flexibility index (Phi) is 5.46. The third-order valence-corrected chi connectivity index (χ3v) is 1.96. The summed E-state index contributed by atoms with van der Waals surface area (Å²) in [6, 6.07) is 0.502. The molecule has 1 N–H and O–H groups in total. The maximum Gasteiger partial charge on any atom is 0.0793 e. The Labute approximate surface area is 76.0 Å². The van der Waals surface area contributed by atoms with Crippen LogP contribution in [-0.2, 0) is 0 Å². The standard InChI is InChI=1S/C9H22N2O/c1-8(2)11(5)7-9(12)6-10(3)4/h8-9,12H,6-7H2,1-5H3/t9-/m0/s1. The number of rotatable bonds is 5. The molecule has 3 nitrogen and oxygen atoms in total. The van der Waals surface area contributed by atoms with Gasteiger partial charge < -0.3 is 14.9 Å². The van der Waals surface area contributed by atoms with E-state index in [4.69, 9.17) is 0 Å². The molecule has 0 saturated heterocycles. The van der Waals surface area contributed by atoms with Crippen molar-refractivity contribution in [1.82, 2.24) is 9.80 Å². The van der Waals surface area contributed by atoms with Crippen LogP contribution >= 0.6 is 0 Å². The molecule has 0 fully saturated rings. The molecule has 0 unspecified atom stereocenters. The number of likely N-dealkylation sites (N-methyl/N-ethyl adjacent to an activating group) is 2. The number of aliphatic hydroxyl groups is 1. The van der Waals surface area contributed by atoms with Gasteiger partial charge in [-0.2, -0.15) is 0 Å². The number of aliphatic hydroxyl groups excluding tert-OH is 1. The summed E-state index contributed by atoms with van der Waals surface area (Å²) in [5, 5.41) is 9.56. The highest BCUT2D eigenvalue weighted by Gasteiger charge is 2.10. The van der Waals surface area contributed by atoms with E-state index in [0.717, 1.165) is 13.1 Å². The first-order chi connectivity index (χ1) is 5.43. The maximum absolute atomic E-state index is 9.56. The zero-order valence-electron chi connectivity index (χ0n) is 8.91. The number of hydrogen-bond donors (Lipinski definition) is 1. The SMILES string of the molecule is CC(C)N(C)C[C@@H](O)CN(C)C. The van der Waals surface area contributed by atoms with Gasteiger partial charge in [-0.1, -0.05) is 0 Å². The summed E-state index contributed by atoms with van der Waals surface area (Å²) >= 11 is 0. The molecule has 0 rings (SSSR count). The summed E-state index contributed by atoms with van der Waals surface area (Å²) in [6.07, 6.45) is -0.243. The van der Waals surface area contributed by atoms with E-state index in [1.165, 1.54) is 0 Å². The van der Waals surface area contributed by atoms with Crippen molar-refractivity contribution in [3.8, 4) is 0 Å². The smallest absolute Gasteiger partial charge is 0.0793 e. The minimum absolute atomic E-state index is 0.243. The fourth-order valence-electron chi connectivity index (χ4n) is 1.02. The molecule has 0 amide bonds. The lowest BCUT2D eigenvalue weighted by Gasteiger charge is -2.25. The molecular formula is C9H22N2O. The molecule has 0 aliphatic heterocycles. The van der Waals surface area contributed by atoms with Crippen LogP contribution in [0, 0.1) is 0 Å².